The normalized spacial score (nSPS) is 17.1. The molecule has 0 N–H and O–H groups in total. The van der Waals surface area contributed by atoms with Crippen molar-refractivity contribution < 1.29 is 4.74 Å². The number of methoxy groups -OCH3 is 1. The molecule has 0 spiro atoms. The van der Waals surface area contributed by atoms with Crippen LogP contribution in [0, 0.1) is 0 Å². The van der Waals surface area contributed by atoms with Crippen molar-refractivity contribution in [1.82, 2.24) is 25.1 Å². The lowest BCUT2D eigenvalue weighted by Gasteiger charge is -2.40. The predicted molar refractivity (Wildman–Crippen MR) is 107 cm³/mol. The maximum absolute atomic E-state index is 5.26. The predicted octanol–water partition coefficient (Wildman–Crippen LogP) is 3.10. The van der Waals surface area contributed by atoms with Gasteiger partial charge in [0.2, 0.25) is 0 Å². The van der Waals surface area contributed by atoms with Crippen molar-refractivity contribution in [2.24, 2.45) is 0 Å². The van der Waals surface area contributed by atoms with Crippen LogP contribution >= 0.6 is 0 Å². The van der Waals surface area contributed by atoms with Crippen LogP contribution in [0.4, 0.5) is 5.69 Å². The molecule has 1 aliphatic rings. The van der Waals surface area contributed by atoms with Gasteiger partial charge in [-0.3, -0.25) is 4.90 Å². The van der Waals surface area contributed by atoms with E-state index in [1.165, 1.54) is 5.69 Å². The molecule has 7 heteroatoms. The summed E-state index contributed by atoms with van der Waals surface area (Å²) < 4.78 is 7.25. The highest BCUT2D eigenvalue weighted by Gasteiger charge is 2.31. The molecule has 148 valence electrons. The smallest absolute Gasteiger partial charge is 0.168 e. The minimum Gasteiger partial charge on any atom is -0.497 e. The number of anilines is 1. The second-order valence-corrected chi connectivity index (χ2v) is 8.15. The van der Waals surface area contributed by atoms with Crippen LogP contribution < -0.4 is 9.64 Å². The fraction of sp³-hybridized carbons (Fsp3) is 0.650. The maximum Gasteiger partial charge on any atom is 0.168 e. The molecule has 3 rings (SSSR count). The third-order valence-corrected chi connectivity index (χ3v) is 5.18. The number of hydrogen-bond donors (Lipinski definition) is 0. The molecule has 1 atom stereocenters. The summed E-state index contributed by atoms with van der Waals surface area (Å²) in [5, 5.41) is 12.7. The maximum atomic E-state index is 5.26. The van der Waals surface area contributed by atoms with Gasteiger partial charge < -0.3 is 9.64 Å². The monoisotopic (exact) mass is 372 g/mol. The number of aromatic nitrogens is 4. The Balaban J connectivity index is 1.71. The molecule has 1 aromatic carbocycles. The van der Waals surface area contributed by atoms with E-state index >= 15 is 0 Å². The van der Waals surface area contributed by atoms with Crippen molar-refractivity contribution in [1.29, 1.82) is 0 Å². The molecule has 1 saturated heterocycles. The van der Waals surface area contributed by atoms with Gasteiger partial charge in [-0.2, -0.15) is 0 Å². The Kier molecular flexibility index (Phi) is 5.99. The van der Waals surface area contributed by atoms with Gasteiger partial charge in [-0.05, 0) is 61.9 Å². The number of nitrogens with zero attached hydrogens (tertiary/aromatic N) is 6. The van der Waals surface area contributed by atoms with E-state index in [-0.39, 0.29) is 11.6 Å². The largest absolute Gasteiger partial charge is 0.497 e. The average molecular weight is 373 g/mol. The van der Waals surface area contributed by atoms with E-state index in [1.807, 2.05) is 16.8 Å². The van der Waals surface area contributed by atoms with Crippen LogP contribution in [-0.2, 0) is 5.54 Å². The van der Waals surface area contributed by atoms with Crippen molar-refractivity contribution in [3.63, 3.8) is 0 Å². The van der Waals surface area contributed by atoms with E-state index in [2.05, 4.69) is 65.2 Å². The minimum atomic E-state index is -0.115. The number of ether oxygens (including phenoxy) is 1. The van der Waals surface area contributed by atoms with E-state index in [9.17, 15) is 0 Å². The van der Waals surface area contributed by atoms with Gasteiger partial charge in [0.25, 0.3) is 0 Å². The average Bonchev–Trinajstić information content (AvgIpc) is 3.16. The Labute approximate surface area is 162 Å². The molecule has 1 aromatic heterocycles. The molecule has 2 heterocycles. The summed E-state index contributed by atoms with van der Waals surface area (Å²) >= 11 is 0. The third-order valence-electron chi connectivity index (χ3n) is 5.18. The van der Waals surface area contributed by atoms with Crippen molar-refractivity contribution in [3.8, 4) is 5.75 Å². The summed E-state index contributed by atoms with van der Waals surface area (Å²) in [6, 6.07) is 8.59. The molecule has 0 radical (unpaired) electrons. The Hall–Kier alpha value is -2.15. The summed E-state index contributed by atoms with van der Waals surface area (Å²) in [7, 11) is 1.70. The minimum absolute atomic E-state index is 0.115. The third kappa shape index (κ3) is 4.40. The van der Waals surface area contributed by atoms with Gasteiger partial charge in [-0.25, -0.2) is 4.68 Å². The van der Waals surface area contributed by atoms with Crippen LogP contribution in [-0.4, -0.2) is 58.4 Å². The molecule has 0 saturated carbocycles. The summed E-state index contributed by atoms with van der Waals surface area (Å²) in [6.45, 7) is 12.7. The Morgan fingerprint density at radius 2 is 1.74 bits per heavy atom. The molecule has 0 aliphatic carbocycles. The Bertz CT molecular complexity index is 713. The van der Waals surface area contributed by atoms with Gasteiger partial charge >= 0.3 is 0 Å². The van der Waals surface area contributed by atoms with Gasteiger partial charge in [0.05, 0.1) is 18.7 Å². The summed E-state index contributed by atoms with van der Waals surface area (Å²) in [6.07, 6.45) is 2.18. The van der Waals surface area contributed by atoms with Gasteiger partial charge in [-0.15, -0.1) is 5.10 Å². The zero-order valence-corrected chi connectivity index (χ0v) is 17.2. The summed E-state index contributed by atoms with van der Waals surface area (Å²) in [5.74, 6) is 1.89. The number of hydrogen-bond acceptors (Lipinski definition) is 6. The van der Waals surface area contributed by atoms with Gasteiger partial charge in [-0.1, -0.05) is 13.3 Å². The van der Waals surface area contributed by atoms with Crippen molar-refractivity contribution in [3.05, 3.63) is 30.1 Å². The van der Waals surface area contributed by atoms with Crippen LogP contribution in [0.5, 0.6) is 5.75 Å². The first-order chi connectivity index (χ1) is 12.9. The van der Waals surface area contributed by atoms with E-state index in [1.54, 1.807) is 7.11 Å². The standard InChI is InChI=1S/C20H32N6O/c1-6-7-18(19-21-22-23-26(19)20(2,3)4)25-14-12-24(13-15-25)16-8-10-17(27-5)11-9-16/h8-11,18H,6-7,12-15H2,1-5H3/t18-/m1/s1. The quantitative estimate of drug-likeness (QED) is 0.777. The lowest BCUT2D eigenvalue weighted by molar-refractivity contribution is 0.156. The molecule has 1 fully saturated rings. The van der Waals surface area contributed by atoms with E-state index < -0.39 is 0 Å². The molecule has 2 aromatic rings. The fourth-order valence-electron chi connectivity index (χ4n) is 3.71. The van der Waals surface area contributed by atoms with E-state index in [0.717, 1.165) is 50.6 Å². The topological polar surface area (TPSA) is 59.3 Å². The van der Waals surface area contributed by atoms with Gasteiger partial charge in [0.1, 0.15) is 5.75 Å². The fourth-order valence-corrected chi connectivity index (χ4v) is 3.71. The van der Waals surface area contributed by atoms with E-state index in [4.69, 9.17) is 4.74 Å². The highest BCUT2D eigenvalue weighted by atomic mass is 16.5. The van der Waals surface area contributed by atoms with Crippen molar-refractivity contribution in [2.45, 2.75) is 52.1 Å². The lowest BCUT2D eigenvalue weighted by Crippen LogP contribution is -2.48. The lowest BCUT2D eigenvalue weighted by atomic mass is 10.0. The van der Waals surface area contributed by atoms with Crippen molar-refractivity contribution in [2.75, 3.05) is 38.2 Å². The van der Waals surface area contributed by atoms with Crippen LogP contribution in [0.2, 0.25) is 0 Å². The highest BCUT2D eigenvalue weighted by molar-refractivity contribution is 5.49. The molecular weight excluding hydrogens is 340 g/mol. The van der Waals surface area contributed by atoms with Gasteiger partial charge in [0, 0.05) is 31.9 Å². The summed E-state index contributed by atoms with van der Waals surface area (Å²) in [4.78, 5) is 4.98. The van der Waals surface area contributed by atoms with Crippen molar-refractivity contribution >= 4 is 5.69 Å². The molecule has 0 amide bonds. The zero-order valence-electron chi connectivity index (χ0n) is 17.2. The van der Waals surface area contributed by atoms with Crippen LogP contribution in [0.3, 0.4) is 0 Å². The van der Waals surface area contributed by atoms with Gasteiger partial charge in [0.15, 0.2) is 5.82 Å². The van der Waals surface area contributed by atoms with E-state index in [0.29, 0.717) is 0 Å². The molecule has 0 bridgehead atoms. The zero-order chi connectivity index (χ0) is 19.4. The second kappa shape index (κ2) is 8.25. The Morgan fingerprint density at radius 1 is 1.07 bits per heavy atom. The van der Waals surface area contributed by atoms with Crippen LogP contribution in [0.15, 0.2) is 24.3 Å². The Morgan fingerprint density at radius 3 is 2.30 bits per heavy atom. The number of rotatable bonds is 6. The molecule has 7 nitrogen and oxygen atoms in total. The number of piperazine rings is 1. The number of benzene rings is 1. The first-order valence-electron chi connectivity index (χ1n) is 9.86. The first-order valence-corrected chi connectivity index (χ1v) is 9.86. The second-order valence-electron chi connectivity index (χ2n) is 8.15. The summed E-state index contributed by atoms with van der Waals surface area (Å²) in [5.41, 5.74) is 1.14. The van der Waals surface area contributed by atoms with Crippen LogP contribution in [0.1, 0.15) is 52.4 Å². The molecular formula is C20H32N6O. The SMILES string of the molecule is CCC[C@H](c1nnnn1C(C)(C)C)N1CCN(c2ccc(OC)cc2)CC1. The number of tetrazole rings is 1. The molecule has 27 heavy (non-hydrogen) atoms. The first kappa shape index (κ1) is 19.6. The molecule has 1 aliphatic heterocycles. The molecule has 0 unspecified atom stereocenters. The van der Waals surface area contributed by atoms with Crippen LogP contribution in [0.25, 0.3) is 0 Å². The highest BCUT2D eigenvalue weighted by Crippen LogP contribution is 2.29.